The molecular formula is C14H13ClN2O. The van der Waals surface area contributed by atoms with Gasteiger partial charge in [0.25, 0.3) is 5.91 Å². The summed E-state index contributed by atoms with van der Waals surface area (Å²) in [4.78, 5) is 12.0. The maximum atomic E-state index is 12.0. The highest BCUT2D eigenvalue weighted by molar-refractivity contribution is 6.34. The molecule has 2 aromatic rings. The van der Waals surface area contributed by atoms with Gasteiger partial charge in [0.1, 0.15) is 0 Å². The Morgan fingerprint density at radius 3 is 2.44 bits per heavy atom. The summed E-state index contributed by atoms with van der Waals surface area (Å²) in [5.41, 5.74) is 8.40. The molecule has 0 fully saturated rings. The number of hydrogen-bond acceptors (Lipinski definition) is 2. The number of aryl methyl sites for hydroxylation is 1. The van der Waals surface area contributed by atoms with Crippen LogP contribution in [0.15, 0.2) is 42.5 Å². The molecule has 0 saturated heterocycles. The van der Waals surface area contributed by atoms with Crippen LogP contribution in [0.3, 0.4) is 0 Å². The van der Waals surface area contributed by atoms with Crippen LogP contribution in [0.25, 0.3) is 0 Å². The summed E-state index contributed by atoms with van der Waals surface area (Å²) in [6.07, 6.45) is 0. The summed E-state index contributed by atoms with van der Waals surface area (Å²) >= 11 is 5.99. The Balaban J connectivity index is 2.18. The van der Waals surface area contributed by atoms with Gasteiger partial charge in [0.15, 0.2) is 0 Å². The predicted molar refractivity (Wildman–Crippen MR) is 75.0 cm³/mol. The molecule has 0 heterocycles. The second-order valence-corrected chi connectivity index (χ2v) is 4.47. The van der Waals surface area contributed by atoms with Crippen molar-refractivity contribution in [2.75, 3.05) is 11.1 Å². The van der Waals surface area contributed by atoms with Gasteiger partial charge in [-0.1, -0.05) is 29.3 Å². The van der Waals surface area contributed by atoms with E-state index >= 15 is 0 Å². The fraction of sp³-hybridized carbons (Fsp3) is 0.0714. The third kappa shape index (κ3) is 2.81. The Hall–Kier alpha value is -2.00. The van der Waals surface area contributed by atoms with Crippen molar-refractivity contribution in [3.8, 4) is 0 Å². The molecule has 0 aliphatic rings. The molecule has 1 amide bonds. The van der Waals surface area contributed by atoms with Gasteiger partial charge in [-0.2, -0.15) is 0 Å². The Morgan fingerprint density at radius 2 is 1.83 bits per heavy atom. The van der Waals surface area contributed by atoms with Crippen LogP contribution in [0.5, 0.6) is 0 Å². The second-order valence-electron chi connectivity index (χ2n) is 4.06. The van der Waals surface area contributed by atoms with E-state index in [0.717, 1.165) is 5.56 Å². The highest BCUT2D eigenvalue weighted by Crippen LogP contribution is 2.24. The van der Waals surface area contributed by atoms with E-state index < -0.39 is 0 Å². The van der Waals surface area contributed by atoms with Crippen LogP contribution in [-0.2, 0) is 0 Å². The molecule has 4 heteroatoms. The average Bonchev–Trinajstić information content (AvgIpc) is 2.33. The summed E-state index contributed by atoms with van der Waals surface area (Å²) in [7, 11) is 0. The van der Waals surface area contributed by atoms with Gasteiger partial charge in [0.2, 0.25) is 0 Å². The Bertz CT molecular complexity index is 579. The van der Waals surface area contributed by atoms with Gasteiger partial charge in [-0.15, -0.1) is 0 Å². The van der Waals surface area contributed by atoms with Gasteiger partial charge < -0.3 is 11.1 Å². The first-order chi connectivity index (χ1) is 8.56. The number of hydrogen-bond donors (Lipinski definition) is 2. The number of benzene rings is 2. The van der Waals surface area contributed by atoms with Crippen molar-refractivity contribution in [2.24, 2.45) is 0 Å². The number of amides is 1. The average molecular weight is 261 g/mol. The standard InChI is InChI=1S/C14H13ClN2O/c1-9-2-4-10(5-3-9)14(18)17-13-7-6-11(16)8-12(13)15/h2-8H,16H2,1H3,(H,17,18). The fourth-order valence-corrected chi connectivity index (χ4v) is 1.77. The van der Waals surface area contributed by atoms with E-state index in [4.69, 9.17) is 17.3 Å². The molecule has 0 bridgehead atoms. The Kier molecular flexibility index (Phi) is 3.53. The highest BCUT2D eigenvalue weighted by Gasteiger charge is 2.08. The Morgan fingerprint density at radius 1 is 1.17 bits per heavy atom. The van der Waals surface area contributed by atoms with E-state index in [0.29, 0.717) is 22.0 Å². The normalized spacial score (nSPS) is 10.1. The SMILES string of the molecule is Cc1ccc(C(=O)Nc2ccc(N)cc2Cl)cc1. The number of carbonyl (C=O) groups excluding carboxylic acids is 1. The zero-order valence-corrected chi connectivity index (χ0v) is 10.7. The maximum Gasteiger partial charge on any atom is 0.255 e. The molecule has 2 rings (SSSR count). The van der Waals surface area contributed by atoms with E-state index in [2.05, 4.69) is 5.32 Å². The molecule has 0 aliphatic heterocycles. The van der Waals surface area contributed by atoms with Crippen LogP contribution in [-0.4, -0.2) is 5.91 Å². The molecule has 18 heavy (non-hydrogen) atoms. The van der Waals surface area contributed by atoms with Gasteiger partial charge in [-0.05, 0) is 37.3 Å². The first-order valence-electron chi connectivity index (χ1n) is 5.49. The molecule has 0 unspecified atom stereocenters. The topological polar surface area (TPSA) is 55.1 Å². The first-order valence-corrected chi connectivity index (χ1v) is 5.87. The third-order valence-corrected chi connectivity index (χ3v) is 2.87. The second kappa shape index (κ2) is 5.10. The largest absolute Gasteiger partial charge is 0.399 e. The van der Waals surface area contributed by atoms with Crippen LogP contribution in [0.4, 0.5) is 11.4 Å². The van der Waals surface area contributed by atoms with Gasteiger partial charge in [0.05, 0.1) is 10.7 Å². The minimum absolute atomic E-state index is 0.193. The summed E-state index contributed by atoms with van der Waals surface area (Å²) in [6, 6.07) is 12.3. The van der Waals surface area contributed by atoms with Gasteiger partial charge >= 0.3 is 0 Å². The van der Waals surface area contributed by atoms with Gasteiger partial charge in [0, 0.05) is 11.3 Å². The number of nitrogens with two attached hydrogens (primary N) is 1. The molecule has 0 saturated carbocycles. The lowest BCUT2D eigenvalue weighted by Gasteiger charge is -2.08. The number of carbonyl (C=O) groups is 1. The molecule has 0 spiro atoms. The lowest BCUT2D eigenvalue weighted by atomic mass is 10.1. The zero-order chi connectivity index (χ0) is 13.1. The predicted octanol–water partition coefficient (Wildman–Crippen LogP) is 3.48. The number of nitrogen functional groups attached to an aromatic ring is 1. The quantitative estimate of drug-likeness (QED) is 0.812. The molecule has 2 aromatic carbocycles. The smallest absolute Gasteiger partial charge is 0.255 e. The van der Waals surface area contributed by atoms with Crippen molar-refractivity contribution in [3.63, 3.8) is 0 Å². The van der Waals surface area contributed by atoms with Crippen molar-refractivity contribution in [2.45, 2.75) is 6.92 Å². The van der Waals surface area contributed by atoms with Crippen LogP contribution in [0, 0.1) is 6.92 Å². The van der Waals surface area contributed by atoms with E-state index in [1.807, 2.05) is 19.1 Å². The van der Waals surface area contributed by atoms with Crippen LogP contribution in [0.1, 0.15) is 15.9 Å². The number of rotatable bonds is 2. The first kappa shape index (κ1) is 12.5. The monoisotopic (exact) mass is 260 g/mol. The van der Waals surface area contributed by atoms with Crippen molar-refractivity contribution in [1.29, 1.82) is 0 Å². The molecular weight excluding hydrogens is 248 g/mol. The van der Waals surface area contributed by atoms with E-state index in [-0.39, 0.29) is 5.91 Å². The summed E-state index contributed by atoms with van der Waals surface area (Å²) in [5, 5.41) is 3.17. The zero-order valence-electron chi connectivity index (χ0n) is 9.91. The third-order valence-electron chi connectivity index (χ3n) is 2.56. The molecule has 0 aromatic heterocycles. The van der Waals surface area contributed by atoms with Crippen LogP contribution < -0.4 is 11.1 Å². The molecule has 3 nitrogen and oxygen atoms in total. The molecule has 92 valence electrons. The minimum atomic E-state index is -0.193. The van der Waals surface area contributed by atoms with E-state index in [1.54, 1.807) is 30.3 Å². The van der Waals surface area contributed by atoms with Gasteiger partial charge in [-0.3, -0.25) is 4.79 Å². The van der Waals surface area contributed by atoms with E-state index in [1.165, 1.54) is 0 Å². The summed E-state index contributed by atoms with van der Waals surface area (Å²) < 4.78 is 0. The van der Waals surface area contributed by atoms with Crippen molar-refractivity contribution in [1.82, 2.24) is 0 Å². The molecule has 0 aliphatic carbocycles. The molecule has 0 radical (unpaired) electrons. The van der Waals surface area contributed by atoms with Gasteiger partial charge in [-0.25, -0.2) is 0 Å². The van der Waals surface area contributed by atoms with Crippen LogP contribution in [0.2, 0.25) is 5.02 Å². The summed E-state index contributed by atoms with van der Waals surface area (Å²) in [6.45, 7) is 1.97. The maximum absolute atomic E-state index is 12.0. The fourth-order valence-electron chi connectivity index (χ4n) is 1.53. The minimum Gasteiger partial charge on any atom is -0.399 e. The lowest BCUT2D eigenvalue weighted by molar-refractivity contribution is 0.102. The van der Waals surface area contributed by atoms with E-state index in [9.17, 15) is 4.79 Å². The lowest BCUT2D eigenvalue weighted by Crippen LogP contribution is -2.12. The number of halogens is 1. The Labute approximate surface area is 111 Å². The molecule has 3 N–H and O–H groups in total. The molecule has 0 atom stereocenters. The van der Waals surface area contributed by atoms with Crippen molar-refractivity contribution in [3.05, 3.63) is 58.6 Å². The van der Waals surface area contributed by atoms with Crippen LogP contribution >= 0.6 is 11.6 Å². The number of nitrogens with one attached hydrogen (secondary N) is 1. The van der Waals surface area contributed by atoms with Crippen molar-refractivity contribution < 1.29 is 4.79 Å². The summed E-state index contributed by atoms with van der Waals surface area (Å²) in [5.74, 6) is -0.193. The van der Waals surface area contributed by atoms with Crippen molar-refractivity contribution >= 4 is 28.9 Å². The number of anilines is 2. The highest BCUT2D eigenvalue weighted by atomic mass is 35.5.